The van der Waals surface area contributed by atoms with Crippen LogP contribution < -0.4 is 0 Å². The van der Waals surface area contributed by atoms with Gasteiger partial charge in [-0.05, 0) is 12.8 Å². The van der Waals surface area contributed by atoms with E-state index >= 15 is 0 Å². The molecule has 0 unspecified atom stereocenters. The van der Waals surface area contributed by atoms with Crippen molar-refractivity contribution in [2.24, 2.45) is 7.05 Å². The molecule has 0 saturated heterocycles. The molecule has 0 amide bonds. The molecule has 0 spiro atoms. The van der Waals surface area contributed by atoms with Gasteiger partial charge in [0.15, 0.2) is 0 Å². The van der Waals surface area contributed by atoms with Crippen molar-refractivity contribution in [3.63, 3.8) is 0 Å². The smallest absolute Gasteiger partial charge is 0.315 e. The van der Waals surface area contributed by atoms with Crippen molar-refractivity contribution < 1.29 is 9.90 Å². The van der Waals surface area contributed by atoms with E-state index < -0.39 is 11.4 Å². The minimum atomic E-state index is -0.807. The van der Waals surface area contributed by atoms with Crippen LogP contribution in [0.5, 0.6) is 0 Å². The Morgan fingerprint density at radius 1 is 1.77 bits per heavy atom. The van der Waals surface area contributed by atoms with Crippen molar-refractivity contribution >= 4 is 17.6 Å². The lowest BCUT2D eigenvalue weighted by Gasteiger charge is -2.10. The zero-order chi connectivity index (χ0) is 9.64. The van der Waals surface area contributed by atoms with Gasteiger partial charge < -0.3 is 5.11 Å². The van der Waals surface area contributed by atoms with Gasteiger partial charge in [0, 0.05) is 7.05 Å². The fourth-order valence-corrected chi connectivity index (χ4v) is 1.97. The summed E-state index contributed by atoms with van der Waals surface area (Å²) in [5, 5.41) is 13.4. The number of halogens is 1. The molecule has 0 aromatic carbocycles. The van der Waals surface area contributed by atoms with Gasteiger partial charge >= 0.3 is 5.97 Å². The maximum atomic E-state index is 11.0. The highest BCUT2D eigenvalue weighted by Gasteiger charge is 2.55. The largest absolute Gasteiger partial charge is 0.481 e. The fraction of sp³-hybridized carbons (Fsp3) is 0.500. The van der Waals surface area contributed by atoms with Gasteiger partial charge in [0.2, 0.25) is 0 Å². The highest BCUT2D eigenvalue weighted by Crippen LogP contribution is 2.50. The number of aliphatic carboxylic acids is 1. The van der Waals surface area contributed by atoms with E-state index in [2.05, 4.69) is 5.10 Å². The summed E-state index contributed by atoms with van der Waals surface area (Å²) in [5.74, 6) is -0.807. The van der Waals surface area contributed by atoms with Crippen LogP contribution in [0.1, 0.15) is 18.5 Å². The number of nitrogens with zero attached hydrogens (tertiary/aromatic N) is 2. The maximum absolute atomic E-state index is 11.0. The molecule has 1 fully saturated rings. The molecule has 1 aromatic heterocycles. The number of carboxylic acids is 1. The van der Waals surface area contributed by atoms with Crippen LogP contribution in [0, 0.1) is 0 Å². The van der Waals surface area contributed by atoms with Gasteiger partial charge in [-0.25, -0.2) is 0 Å². The SMILES string of the molecule is Cn1ncc(Cl)c1C1(C(=O)O)CC1. The Bertz CT molecular complexity index is 349. The first-order valence-electron chi connectivity index (χ1n) is 3.99. The zero-order valence-corrected chi connectivity index (χ0v) is 7.88. The summed E-state index contributed by atoms with van der Waals surface area (Å²) in [5.41, 5.74) is -0.135. The highest BCUT2D eigenvalue weighted by molar-refractivity contribution is 6.31. The molecule has 4 nitrogen and oxygen atoms in total. The van der Waals surface area contributed by atoms with E-state index in [9.17, 15) is 4.79 Å². The Kier molecular flexibility index (Phi) is 1.63. The lowest BCUT2D eigenvalue weighted by molar-refractivity contribution is -0.140. The van der Waals surface area contributed by atoms with Crippen molar-refractivity contribution in [1.82, 2.24) is 9.78 Å². The summed E-state index contributed by atoms with van der Waals surface area (Å²) >= 11 is 5.87. The number of rotatable bonds is 2. The summed E-state index contributed by atoms with van der Waals surface area (Å²) in [7, 11) is 1.71. The molecule has 0 radical (unpaired) electrons. The molecular weight excluding hydrogens is 192 g/mol. The molecule has 2 rings (SSSR count). The van der Waals surface area contributed by atoms with E-state index in [1.54, 1.807) is 11.7 Å². The molecule has 0 bridgehead atoms. The minimum absolute atomic E-state index is 0.447. The number of aryl methyl sites for hydroxylation is 1. The van der Waals surface area contributed by atoms with E-state index in [0.717, 1.165) is 0 Å². The second-order valence-corrected chi connectivity index (χ2v) is 3.76. The van der Waals surface area contributed by atoms with Crippen LogP contribution in [-0.2, 0) is 17.3 Å². The number of aromatic nitrogens is 2. The number of hydrogen-bond acceptors (Lipinski definition) is 2. The zero-order valence-electron chi connectivity index (χ0n) is 7.12. The van der Waals surface area contributed by atoms with Crippen molar-refractivity contribution in [3.05, 3.63) is 16.9 Å². The summed E-state index contributed by atoms with van der Waals surface area (Å²) in [6, 6.07) is 0. The van der Waals surface area contributed by atoms with Crippen molar-refractivity contribution in [2.45, 2.75) is 18.3 Å². The molecular formula is C8H9ClN2O2. The van der Waals surface area contributed by atoms with Crippen molar-refractivity contribution in [3.8, 4) is 0 Å². The van der Waals surface area contributed by atoms with E-state index in [0.29, 0.717) is 23.6 Å². The Labute approximate surface area is 80.1 Å². The van der Waals surface area contributed by atoms with Gasteiger partial charge in [-0.3, -0.25) is 9.48 Å². The lowest BCUT2D eigenvalue weighted by Crippen LogP contribution is -2.23. The predicted octanol–water partition coefficient (Wildman–Crippen LogP) is 1.19. The molecule has 1 N–H and O–H groups in total. The van der Waals surface area contributed by atoms with Crippen LogP contribution in [-0.4, -0.2) is 20.9 Å². The van der Waals surface area contributed by atoms with Crippen molar-refractivity contribution in [1.29, 1.82) is 0 Å². The maximum Gasteiger partial charge on any atom is 0.315 e. The number of carboxylic acid groups (broad SMARTS) is 1. The summed E-state index contributed by atoms with van der Waals surface area (Å²) < 4.78 is 1.55. The molecule has 1 saturated carbocycles. The average Bonchev–Trinajstić information content (AvgIpc) is 2.77. The first kappa shape index (κ1) is 8.56. The first-order chi connectivity index (χ1) is 6.08. The molecule has 13 heavy (non-hydrogen) atoms. The van der Waals surface area contributed by atoms with Crippen LogP contribution in [0.15, 0.2) is 6.20 Å². The monoisotopic (exact) mass is 200 g/mol. The lowest BCUT2D eigenvalue weighted by atomic mass is 10.0. The van der Waals surface area contributed by atoms with Gasteiger partial charge in [-0.2, -0.15) is 5.10 Å². The van der Waals surface area contributed by atoms with Gasteiger partial charge in [0.25, 0.3) is 0 Å². The molecule has 70 valence electrons. The Morgan fingerprint density at radius 3 is 2.69 bits per heavy atom. The van der Waals surface area contributed by atoms with E-state index in [1.165, 1.54) is 6.20 Å². The highest BCUT2D eigenvalue weighted by atomic mass is 35.5. The van der Waals surface area contributed by atoms with Crippen LogP contribution in [0.4, 0.5) is 0 Å². The van der Waals surface area contributed by atoms with Crippen LogP contribution in [0.2, 0.25) is 5.02 Å². The van der Waals surface area contributed by atoms with Crippen LogP contribution in [0.3, 0.4) is 0 Å². The van der Waals surface area contributed by atoms with Crippen LogP contribution in [0.25, 0.3) is 0 Å². The van der Waals surface area contributed by atoms with Crippen LogP contribution >= 0.6 is 11.6 Å². The number of hydrogen-bond donors (Lipinski definition) is 1. The van der Waals surface area contributed by atoms with Gasteiger partial charge in [0.05, 0.1) is 16.9 Å². The quantitative estimate of drug-likeness (QED) is 0.780. The number of carbonyl (C=O) groups is 1. The molecule has 1 aromatic rings. The summed E-state index contributed by atoms with van der Waals surface area (Å²) in [6.45, 7) is 0. The summed E-state index contributed by atoms with van der Waals surface area (Å²) in [6.07, 6.45) is 2.79. The van der Waals surface area contributed by atoms with E-state index in [-0.39, 0.29) is 0 Å². The molecule has 0 atom stereocenters. The standard InChI is InChI=1S/C8H9ClN2O2/c1-11-6(5(9)4-10-11)8(2-3-8)7(12)13/h4H,2-3H2,1H3,(H,12,13). The Morgan fingerprint density at radius 2 is 2.38 bits per heavy atom. The van der Waals surface area contributed by atoms with Gasteiger partial charge in [-0.15, -0.1) is 0 Å². The first-order valence-corrected chi connectivity index (χ1v) is 4.37. The second-order valence-electron chi connectivity index (χ2n) is 3.35. The minimum Gasteiger partial charge on any atom is -0.481 e. The molecule has 0 aliphatic heterocycles. The molecule has 1 heterocycles. The summed E-state index contributed by atoms with van der Waals surface area (Å²) in [4.78, 5) is 11.0. The third-order valence-electron chi connectivity index (χ3n) is 2.51. The predicted molar refractivity (Wildman–Crippen MR) is 46.8 cm³/mol. The topological polar surface area (TPSA) is 55.1 Å². The third kappa shape index (κ3) is 1.05. The Hall–Kier alpha value is -1.03. The second kappa shape index (κ2) is 2.48. The van der Waals surface area contributed by atoms with Crippen molar-refractivity contribution in [2.75, 3.05) is 0 Å². The molecule has 5 heteroatoms. The molecule has 1 aliphatic carbocycles. The molecule has 1 aliphatic rings. The van der Waals surface area contributed by atoms with E-state index in [1.807, 2.05) is 0 Å². The van der Waals surface area contributed by atoms with Gasteiger partial charge in [0.1, 0.15) is 5.41 Å². The van der Waals surface area contributed by atoms with Gasteiger partial charge in [-0.1, -0.05) is 11.6 Å². The Balaban J connectivity index is 2.51. The third-order valence-corrected chi connectivity index (χ3v) is 2.78. The normalized spacial score (nSPS) is 18.6. The fourth-order valence-electron chi connectivity index (χ4n) is 1.63. The van der Waals surface area contributed by atoms with E-state index in [4.69, 9.17) is 16.7 Å². The average molecular weight is 201 g/mol.